The first-order valence-corrected chi connectivity index (χ1v) is 9.78. The first kappa shape index (κ1) is 15.2. The van der Waals surface area contributed by atoms with E-state index in [1.165, 1.54) is 5.57 Å². The summed E-state index contributed by atoms with van der Waals surface area (Å²) in [5.41, 5.74) is 1.40. The van der Waals surface area contributed by atoms with Crippen molar-refractivity contribution in [3.8, 4) is 0 Å². The minimum atomic E-state index is -0.0593. The highest BCUT2D eigenvalue weighted by Gasteiger charge is 2.67. The topological polar surface area (TPSA) is 43.4 Å². The van der Waals surface area contributed by atoms with Gasteiger partial charge in [-0.15, -0.1) is 0 Å². The lowest BCUT2D eigenvalue weighted by Gasteiger charge is -2.57. The molecule has 0 aromatic carbocycles. The number of rotatable bonds is 1. The SMILES string of the molecule is COC1=C2CC[C@H]3[C@@H]4CCC(=O)[C@@]4(C)CC[C@@H]3[C@@]2(C)C2C[C@@H]2C1=O. The number of Topliss-reactive ketones (excluding diaryl/α,β-unsaturated/α-hetero) is 2. The van der Waals surface area contributed by atoms with Gasteiger partial charge in [0.1, 0.15) is 5.78 Å². The fraction of sp³-hybridized carbons (Fsp3) is 0.810. The van der Waals surface area contributed by atoms with Crippen LogP contribution >= 0.6 is 0 Å². The molecule has 0 spiro atoms. The fourth-order valence-corrected chi connectivity index (χ4v) is 7.56. The fourth-order valence-electron chi connectivity index (χ4n) is 7.56. The molecule has 0 aliphatic heterocycles. The Hall–Kier alpha value is -1.12. The van der Waals surface area contributed by atoms with Crippen molar-refractivity contribution in [2.75, 3.05) is 7.11 Å². The van der Waals surface area contributed by atoms with Gasteiger partial charge in [0.25, 0.3) is 0 Å². The Bertz CT molecular complexity index is 677. The quantitative estimate of drug-likeness (QED) is 0.733. The lowest BCUT2D eigenvalue weighted by molar-refractivity contribution is -0.133. The molecule has 0 bridgehead atoms. The third-order valence-corrected chi connectivity index (χ3v) is 8.89. The molecule has 5 rings (SSSR count). The molecule has 3 nitrogen and oxygen atoms in total. The van der Waals surface area contributed by atoms with Gasteiger partial charge in [-0.25, -0.2) is 0 Å². The molecular formula is C21H28O3. The molecule has 0 aromatic rings. The number of hydrogen-bond donors (Lipinski definition) is 0. The van der Waals surface area contributed by atoms with Crippen LogP contribution in [-0.4, -0.2) is 18.7 Å². The second kappa shape index (κ2) is 4.53. The predicted octanol–water partition coefficient (Wildman–Crippen LogP) is 3.92. The van der Waals surface area contributed by atoms with E-state index in [4.69, 9.17) is 4.74 Å². The average molecular weight is 328 g/mol. The molecular weight excluding hydrogens is 300 g/mol. The van der Waals surface area contributed by atoms with Crippen molar-refractivity contribution in [1.82, 2.24) is 0 Å². The summed E-state index contributed by atoms with van der Waals surface area (Å²) in [7, 11) is 1.67. The summed E-state index contributed by atoms with van der Waals surface area (Å²) in [6, 6.07) is 0. The number of ketones is 2. The van der Waals surface area contributed by atoms with Crippen LogP contribution in [0.1, 0.15) is 58.8 Å². The summed E-state index contributed by atoms with van der Waals surface area (Å²) < 4.78 is 5.61. The Kier molecular flexibility index (Phi) is 2.86. The van der Waals surface area contributed by atoms with Crippen LogP contribution < -0.4 is 0 Å². The van der Waals surface area contributed by atoms with E-state index in [1.54, 1.807) is 7.11 Å². The minimum Gasteiger partial charge on any atom is -0.493 e. The molecule has 4 saturated carbocycles. The van der Waals surface area contributed by atoms with Gasteiger partial charge in [0.2, 0.25) is 5.78 Å². The van der Waals surface area contributed by atoms with Gasteiger partial charge in [-0.3, -0.25) is 9.59 Å². The summed E-state index contributed by atoms with van der Waals surface area (Å²) in [4.78, 5) is 25.1. The van der Waals surface area contributed by atoms with Crippen LogP contribution in [0.4, 0.5) is 0 Å². The maximum absolute atomic E-state index is 12.6. The molecule has 4 fully saturated rings. The molecule has 7 atom stereocenters. The first-order valence-electron chi connectivity index (χ1n) is 9.78. The monoisotopic (exact) mass is 328 g/mol. The van der Waals surface area contributed by atoms with Gasteiger partial charge in [-0.1, -0.05) is 13.8 Å². The second-order valence-electron chi connectivity index (χ2n) is 9.44. The van der Waals surface area contributed by atoms with Crippen LogP contribution in [0.3, 0.4) is 0 Å². The standard InChI is InChI=1S/C21H28O3/c1-20-9-8-14-11(13(20)6-7-17(20)22)4-5-15-19(24-3)18(23)12-10-16(12)21(14,15)2/h11-14,16H,4-10H2,1-3H3/t11-,12-,13-,14-,16?,20-,21+/m0/s1. The van der Waals surface area contributed by atoms with Crippen molar-refractivity contribution in [1.29, 1.82) is 0 Å². The zero-order valence-corrected chi connectivity index (χ0v) is 15.1. The summed E-state index contributed by atoms with van der Waals surface area (Å²) in [6.45, 7) is 4.66. The first-order chi connectivity index (χ1) is 11.4. The highest BCUT2D eigenvalue weighted by Crippen LogP contribution is 2.71. The highest BCUT2D eigenvalue weighted by molar-refractivity contribution is 6.00. The number of allylic oxidation sites excluding steroid dienone is 1. The summed E-state index contributed by atoms with van der Waals surface area (Å²) in [5, 5.41) is 0. The van der Waals surface area contributed by atoms with Gasteiger partial charge in [0.05, 0.1) is 7.11 Å². The summed E-state index contributed by atoms with van der Waals surface area (Å²) in [6.07, 6.45) is 7.27. The molecule has 0 amide bonds. The Morgan fingerprint density at radius 3 is 2.54 bits per heavy atom. The number of ether oxygens (including phenoxy) is 1. The Morgan fingerprint density at radius 2 is 1.79 bits per heavy atom. The molecule has 5 aliphatic carbocycles. The van der Waals surface area contributed by atoms with Crippen LogP contribution in [0.15, 0.2) is 11.3 Å². The normalized spacial score (nSPS) is 52.4. The van der Waals surface area contributed by atoms with E-state index in [0.717, 1.165) is 44.9 Å². The number of carbonyl (C=O) groups is 2. The molecule has 0 saturated heterocycles. The van der Waals surface area contributed by atoms with Crippen molar-refractivity contribution in [3.63, 3.8) is 0 Å². The Balaban J connectivity index is 1.59. The number of carbonyl (C=O) groups excluding carboxylic acids is 2. The van der Waals surface area contributed by atoms with Crippen LogP contribution in [0, 0.1) is 40.4 Å². The van der Waals surface area contributed by atoms with Crippen molar-refractivity contribution < 1.29 is 14.3 Å². The molecule has 0 aromatic heterocycles. The predicted molar refractivity (Wildman–Crippen MR) is 90.0 cm³/mol. The molecule has 130 valence electrons. The average Bonchev–Trinajstić information content (AvgIpc) is 3.31. The van der Waals surface area contributed by atoms with E-state index in [-0.39, 0.29) is 22.5 Å². The van der Waals surface area contributed by atoms with Crippen molar-refractivity contribution >= 4 is 11.6 Å². The van der Waals surface area contributed by atoms with E-state index in [9.17, 15) is 9.59 Å². The maximum Gasteiger partial charge on any atom is 0.200 e. The van der Waals surface area contributed by atoms with Gasteiger partial charge >= 0.3 is 0 Å². The molecule has 24 heavy (non-hydrogen) atoms. The van der Waals surface area contributed by atoms with E-state index in [0.29, 0.717) is 35.2 Å². The Morgan fingerprint density at radius 1 is 1.00 bits per heavy atom. The lowest BCUT2D eigenvalue weighted by Crippen LogP contribution is -2.52. The molecule has 0 heterocycles. The van der Waals surface area contributed by atoms with Crippen LogP contribution in [-0.2, 0) is 14.3 Å². The number of methoxy groups -OCH3 is 1. The van der Waals surface area contributed by atoms with Crippen LogP contribution in [0.5, 0.6) is 0 Å². The third kappa shape index (κ3) is 1.55. The van der Waals surface area contributed by atoms with Gasteiger partial charge in [0.15, 0.2) is 5.76 Å². The summed E-state index contributed by atoms with van der Waals surface area (Å²) in [5.74, 6) is 4.10. The Labute approximate surface area is 144 Å². The van der Waals surface area contributed by atoms with E-state index < -0.39 is 0 Å². The minimum absolute atomic E-state index is 0.0593. The van der Waals surface area contributed by atoms with Crippen LogP contribution in [0.25, 0.3) is 0 Å². The van der Waals surface area contributed by atoms with Gasteiger partial charge in [0, 0.05) is 17.8 Å². The van der Waals surface area contributed by atoms with Crippen molar-refractivity contribution in [3.05, 3.63) is 11.3 Å². The van der Waals surface area contributed by atoms with E-state index >= 15 is 0 Å². The number of hydrogen-bond acceptors (Lipinski definition) is 3. The largest absolute Gasteiger partial charge is 0.493 e. The maximum atomic E-state index is 12.6. The van der Waals surface area contributed by atoms with Gasteiger partial charge in [-0.05, 0) is 73.2 Å². The molecule has 0 N–H and O–H groups in total. The smallest absolute Gasteiger partial charge is 0.200 e. The molecule has 0 radical (unpaired) electrons. The van der Waals surface area contributed by atoms with E-state index in [2.05, 4.69) is 13.8 Å². The summed E-state index contributed by atoms with van der Waals surface area (Å²) >= 11 is 0. The lowest BCUT2D eigenvalue weighted by atomic mass is 9.47. The van der Waals surface area contributed by atoms with Crippen LogP contribution in [0.2, 0.25) is 0 Å². The molecule has 3 heteroatoms. The highest BCUT2D eigenvalue weighted by atomic mass is 16.5. The van der Waals surface area contributed by atoms with Crippen molar-refractivity contribution in [2.45, 2.75) is 58.8 Å². The third-order valence-electron chi connectivity index (χ3n) is 8.89. The van der Waals surface area contributed by atoms with E-state index in [1.807, 2.05) is 0 Å². The molecule has 1 unspecified atom stereocenters. The second-order valence-corrected chi connectivity index (χ2v) is 9.44. The van der Waals surface area contributed by atoms with Gasteiger partial charge in [-0.2, -0.15) is 0 Å². The molecule has 5 aliphatic rings. The van der Waals surface area contributed by atoms with Gasteiger partial charge < -0.3 is 4.74 Å². The van der Waals surface area contributed by atoms with Crippen molar-refractivity contribution in [2.24, 2.45) is 40.4 Å². The zero-order valence-electron chi connectivity index (χ0n) is 15.1. The zero-order chi connectivity index (χ0) is 16.9. The number of fused-ring (bicyclic) bond motifs is 7.